The Bertz CT molecular complexity index is 197. The van der Waals surface area contributed by atoms with Crippen LogP contribution >= 0.6 is 0 Å². The second-order valence-corrected chi connectivity index (χ2v) is 5.48. The summed E-state index contributed by atoms with van der Waals surface area (Å²) in [6.07, 6.45) is 4.05. The van der Waals surface area contributed by atoms with Crippen LogP contribution < -0.4 is 5.32 Å². The normalized spacial score (nSPS) is 26.6. The van der Waals surface area contributed by atoms with E-state index >= 15 is 0 Å². The van der Waals surface area contributed by atoms with Crippen LogP contribution in [0, 0.1) is 0 Å². The zero-order chi connectivity index (χ0) is 12.7. The first kappa shape index (κ1) is 14.9. The van der Waals surface area contributed by atoms with Crippen LogP contribution in [0.2, 0.25) is 0 Å². The van der Waals surface area contributed by atoms with Crippen LogP contribution in [0.4, 0.5) is 0 Å². The van der Waals surface area contributed by atoms with E-state index in [1.807, 2.05) is 0 Å². The van der Waals surface area contributed by atoms with E-state index in [2.05, 4.69) is 37.9 Å². The summed E-state index contributed by atoms with van der Waals surface area (Å²) >= 11 is 0. The Morgan fingerprint density at radius 1 is 1.35 bits per heavy atom. The Labute approximate surface area is 107 Å². The van der Waals surface area contributed by atoms with Gasteiger partial charge in [0.05, 0.1) is 6.10 Å². The van der Waals surface area contributed by atoms with Crippen molar-refractivity contribution >= 4 is 0 Å². The van der Waals surface area contributed by atoms with E-state index in [0.717, 1.165) is 13.2 Å². The molecule has 0 aliphatic carbocycles. The molecule has 1 saturated heterocycles. The van der Waals surface area contributed by atoms with Gasteiger partial charge in [0.15, 0.2) is 0 Å². The predicted molar refractivity (Wildman–Crippen MR) is 73.4 cm³/mol. The first-order valence-corrected chi connectivity index (χ1v) is 7.22. The Hall–Kier alpha value is -0.120. The molecule has 1 aliphatic heterocycles. The third-order valence-corrected chi connectivity index (χ3v) is 3.56. The maximum Gasteiger partial charge on any atom is 0.0518 e. The summed E-state index contributed by atoms with van der Waals surface area (Å²) in [4.78, 5) is 2.63. The fraction of sp³-hybridized carbons (Fsp3) is 1.00. The van der Waals surface area contributed by atoms with Crippen molar-refractivity contribution in [1.82, 2.24) is 10.2 Å². The Kier molecular flexibility index (Phi) is 7.09. The van der Waals surface area contributed by atoms with Crippen molar-refractivity contribution in [3.8, 4) is 0 Å². The third kappa shape index (κ3) is 5.84. The molecule has 0 aromatic heterocycles. The summed E-state index contributed by atoms with van der Waals surface area (Å²) in [6, 6.07) is 1.38. The Balaban J connectivity index is 2.12. The number of hydrogen-bond donors (Lipinski definition) is 1. The van der Waals surface area contributed by atoms with Gasteiger partial charge in [-0.1, -0.05) is 6.92 Å². The third-order valence-electron chi connectivity index (χ3n) is 3.56. The average Bonchev–Trinajstić information content (AvgIpc) is 2.30. The van der Waals surface area contributed by atoms with Crippen LogP contribution in [0.5, 0.6) is 0 Å². The summed E-state index contributed by atoms with van der Waals surface area (Å²) in [5, 5.41) is 3.60. The molecule has 1 heterocycles. The molecule has 0 spiro atoms. The molecule has 1 aliphatic rings. The molecule has 0 saturated carbocycles. The van der Waals surface area contributed by atoms with Crippen molar-refractivity contribution in [3.63, 3.8) is 0 Å². The summed E-state index contributed by atoms with van der Waals surface area (Å²) in [5.74, 6) is 0. The number of unbranched alkanes of at least 4 members (excludes halogenated alkanes) is 1. The summed E-state index contributed by atoms with van der Waals surface area (Å²) in [6.45, 7) is 13.3. The van der Waals surface area contributed by atoms with Crippen LogP contribution in [-0.2, 0) is 4.74 Å². The lowest BCUT2D eigenvalue weighted by Crippen LogP contribution is -2.55. The zero-order valence-corrected chi connectivity index (χ0v) is 12.0. The standard InChI is InChI=1S/C14H30N2O/c1-5-14-11-16(13(4)10-15-14)8-6-7-9-17-12(2)3/h12-15H,5-11H2,1-4H3. The number of nitrogens with one attached hydrogen (secondary N) is 1. The van der Waals surface area contributed by atoms with Gasteiger partial charge in [0.2, 0.25) is 0 Å². The second kappa shape index (κ2) is 8.06. The minimum Gasteiger partial charge on any atom is -0.379 e. The van der Waals surface area contributed by atoms with Gasteiger partial charge in [-0.2, -0.15) is 0 Å². The first-order valence-electron chi connectivity index (χ1n) is 7.22. The minimum atomic E-state index is 0.373. The molecule has 2 atom stereocenters. The van der Waals surface area contributed by atoms with Gasteiger partial charge in [0, 0.05) is 31.8 Å². The lowest BCUT2D eigenvalue weighted by Gasteiger charge is -2.38. The van der Waals surface area contributed by atoms with E-state index in [1.54, 1.807) is 0 Å². The van der Waals surface area contributed by atoms with Gasteiger partial charge in [-0.15, -0.1) is 0 Å². The first-order chi connectivity index (χ1) is 8.13. The van der Waals surface area contributed by atoms with Gasteiger partial charge in [0.25, 0.3) is 0 Å². The quantitative estimate of drug-likeness (QED) is 0.693. The summed E-state index contributed by atoms with van der Waals surface area (Å²) in [7, 11) is 0. The monoisotopic (exact) mass is 242 g/mol. The molecular formula is C14H30N2O. The fourth-order valence-electron chi connectivity index (χ4n) is 2.31. The summed E-state index contributed by atoms with van der Waals surface area (Å²) < 4.78 is 5.57. The zero-order valence-electron chi connectivity index (χ0n) is 12.0. The number of hydrogen-bond acceptors (Lipinski definition) is 3. The minimum absolute atomic E-state index is 0.373. The van der Waals surface area contributed by atoms with Gasteiger partial charge >= 0.3 is 0 Å². The van der Waals surface area contributed by atoms with Crippen LogP contribution in [0.1, 0.15) is 47.0 Å². The molecule has 17 heavy (non-hydrogen) atoms. The molecule has 0 aromatic carbocycles. The number of piperazine rings is 1. The topological polar surface area (TPSA) is 24.5 Å². The van der Waals surface area contributed by atoms with E-state index in [4.69, 9.17) is 4.74 Å². The Morgan fingerprint density at radius 2 is 2.12 bits per heavy atom. The second-order valence-electron chi connectivity index (χ2n) is 5.48. The number of rotatable bonds is 7. The van der Waals surface area contributed by atoms with Crippen LogP contribution in [-0.4, -0.2) is 49.3 Å². The molecule has 1 rings (SSSR count). The van der Waals surface area contributed by atoms with Crippen molar-refractivity contribution in [2.45, 2.75) is 65.1 Å². The Morgan fingerprint density at radius 3 is 2.76 bits per heavy atom. The number of nitrogens with zero attached hydrogens (tertiary/aromatic N) is 1. The molecule has 1 fully saturated rings. The van der Waals surface area contributed by atoms with Crippen molar-refractivity contribution in [2.24, 2.45) is 0 Å². The van der Waals surface area contributed by atoms with E-state index in [9.17, 15) is 0 Å². The van der Waals surface area contributed by atoms with E-state index in [1.165, 1.54) is 32.4 Å². The molecular weight excluding hydrogens is 212 g/mol. The highest BCUT2D eigenvalue weighted by molar-refractivity contribution is 4.82. The highest BCUT2D eigenvalue weighted by atomic mass is 16.5. The fourth-order valence-corrected chi connectivity index (χ4v) is 2.31. The SMILES string of the molecule is CCC1CN(CCCCOC(C)C)C(C)CN1. The molecule has 3 heteroatoms. The molecule has 2 unspecified atom stereocenters. The van der Waals surface area contributed by atoms with E-state index < -0.39 is 0 Å². The molecule has 0 aromatic rings. The maximum absolute atomic E-state index is 5.57. The van der Waals surface area contributed by atoms with Gasteiger partial charge in [-0.05, 0) is 46.6 Å². The van der Waals surface area contributed by atoms with Gasteiger partial charge in [0.1, 0.15) is 0 Å². The van der Waals surface area contributed by atoms with Gasteiger partial charge in [-0.3, -0.25) is 4.90 Å². The van der Waals surface area contributed by atoms with Crippen molar-refractivity contribution in [1.29, 1.82) is 0 Å². The number of ether oxygens (including phenoxy) is 1. The van der Waals surface area contributed by atoms with Crippen LogP contribution in [0.3, 0.4) is 0 Å². The van der Waals surface area contributed by atoms with E-state index in [-0.39, 0.29) is 0 Å². The van der Waals surface area contributed by atoms with Crippen LogP contribution in [0.15, 0.2) is 0 Å². The smallest absolute Gasteiger partial charge is 0.0518 e. The summed E-state index contributed by atoms with van der Waals surface area (Å²) in [5.41, 5.74) is 0. The molecule has 0 bridgehead atoms. The molecule has 3 nitrogen and oxygen atoms in total. The van der Waals surface area contributed by atoms with E-state index in [0.29, 0.717) is 18.2 Å². The molecule has 0 amide bonds. The molecule has 102 valence electrons. The molecule has 1 N–H and O–H groups in total. The van der Waals surface area contributed by atoms with Gasteiger partial charge < -0.3 is 10.1 Å². The highest BCUT2D eigenvalue weighted by Crippen LogP contribution is 2.10. The average molecular weight is 242 g/mol. The van der Waals surface area contributed by atoms with Gasteiger partial charge in [-0.25, -0.2) is 0 Å². The lowest BCUT2D eigenvalue weighted by atomic mass is 10.1. The van der Waals surface area contributed by atoms with Crippen molar-refractivity contribution in [3.05, 3.63) is 0 Å². The van der Waals surface area contributed by atoms with Crippen molar-refractivity contribution < 1.29 is 4.74 Å². The van der Waals surface area contributed by atoms with Crippen LogP contribution in [0.25, 0.3) is 0 Å². The van der Waals surface area contributed by atoms with Crippen molar-refractivity contribution in [2.75, 3.05) is 26.2 Å². The lowest BCUT2D eigenvalue weighted by molar-refractivity contribution is 0.0708. The largest absolute Gasteiger partial charge is 0.379 e. The highest BCUT2D eigenvalue weighted by Gasteiger charge is 2.22. The predicted octanol–water partition coefficient (Wildman–Crippen LogP) is 2.26. The molecule has 0 radical (unpaired) electrons. The maximum atomic E-state index is 5.57.